The molecule has 1 saturated heterocycles. The molecule has 4 nitrogen and oxygen atoms in total. The average Bonchev–Trinajstić information content (AvgIpc) is 2.96. The normalized spacial score (nSPS) is 22.2. The number of aromatic carboxylic acids is 1. The molecule has 0 spiro atoms. The van der Waals surface area contributed by atoms with Crippen LogP contribution >= 0.6 is 11.3 Å². The number of benzene rings is 1. The zero-order chi connectivity index (χ0) is 16.4. The van der Waals surface area contributed by atoms with Crippen LogP contribution in [0.2, 0.25) is 0 Å². The molecule has 0 saturated carbocycles. The largest absolute Gasteiger partial charge is 0.476 e. The molecular formula is C18H22N2O2S. The summed E-state index contributed by atoms with van der Waals surface area (Å²) in [4.78, 5) is 17.7. The van der Waals surface area contributed by atoms with Crippen molar-refractivity contribution >= 4 is 17.3 Å². The van der Waals surface area contributed by atoms with Crippen LogP contribution in [0, 0.1) is 11.8 Å². The van der Waals surface area contributed by atoms with E-state index in [0.29, 0.717) is 0 Å². The van der Waals surface area contributed by atoms with Gasteiger partial charge in [0.05, 0.1) is 0 Å². The van der Waals surface area contributed by atoms with Gasteiger partial charge in [-0.1, -0.05) is 32.0 Å². The third kappa shape index (κ3) is 3.98. The molecule has 1 aromatic heterocycles. The molecule has 1 fully saturated rings. The van der Waals surface area contributed by atoms with Gasteiger partial charge in [0, 0.05) is 30.6 Å². The summed E-state index contributed by atoms with van der Waals surface area (Å²) in [5.41, 5.74) is 2.38. The van der Waals surface area contributed by atoms with Crippen LogP contribution in [0.1, 0.15) is 36.3 Å². The summed E-state index contributed by atoms with van der Waals surface area (Å²) in [6.45, 7) is 7.88. The summed E-state index contributed by atoms with van der Waals surface area (Å²) in [6.07, 6.45) is 1.31. The molecule has 1 aliphatic heterocycles. The Hall–Kier alpha value is -1.72. The molecule has 0 radical (unpaired) electrons. The van der Waals surface area contributed by atoms with Crippen molar-refractivity contribution in [1.29, 1.82) is 0 Å². The molecule has 1 aromatic carbocycles. The number of rotatable bonds is 4. The van der Waals surface area contributed by atoms with E-state index in [1.165, 1.54) is 23.3 Å². The van der Waals surface area contributed by atoms with Crippen molar-refractivity contribution in [2.24, 2.45) is 11.8 Å². The monoisotopic (exact) mass is 330 g/mol. The van der Waals surface area contributed by atoms with E-state index in [1.54, 1.807) is 5.38 Å². The first-order valence-corrected chi connectivity index (χ1v) is 8.89. The molecule has 0 aliphatic carbocycles. The van der Waals surface area contributed by atoms with Gasteiger partial charge in [0.2, 0.25) is 0 Å². The fourth-order valence-electron chi connectivity index (χ4n) is 3.49. The highest BCUT2D eigenvalue weighted by molar-refractivity contribution is 7.13. The molecular weight excluding hydrogens is 308 g/mol. The van der Waals surface area contributed by atoms with Crippen molar-refractivity contribution < 1.29 is 9.90 Å². The van der Waals surface area contributed by atoms with Gasteiger partial charge in [-0.15, -0.1) is 11.3 Å². The Morgan fingerprint density at radius 3 is 2.74 bits per heavy atom. The lowest BCUT2D eigenvalue weighted by Crippen LogP contribution is -2.38. The van der Waals surface area contributed by atoms with E-state index in [2.05, 4.69) is 35.9 Å². The first kappa shape index (κ1) is 16.1. The number of likely N-dealkylation sites (tertiary alicyclic amines) is 1. The van der Waals surface area contributed by atoms with Crippen LogP contribution in [0.25, 0.3) is 10.6 Å². The number of aromatic nitrogens is 1. The quantitative estimate of drug-likeness (QED) is 0.921. The Kier molecular flexibility index (Phi) is 4.78. The van der Waals surface area contributed by atoms with E-state index in [1.807, 2.05) is 12.1 Å². The molecule has 2 heterocycles. The molecule has 2 unspecified atom stereocenters. The second kappa shape index (κ2) is 6.81. The average molecular weight is 330 g/mol. The van der Waals surface area contributed by atoms with Crippen LogP contribution < -0.4 is 0 Å². The van der Waals surface area contributed by atoms with Crippen LogP contribution in [0.4, 0.5) is 0 Å². The number of piperidine rings is 1. The lowest BCUT2D eigenvalue weighted by molar-refractivity contribution is 0.0691. The minimum absolute atomic E-state index is 0.120. The molecule has 0 bridgehead atoms. The van der Waals surface area contributed by atoms with E-state index in [-0.39, 0.29) is 5.69 Å². The van der Waals surface area contributed by atoms with Crippen LogP contribution in [0.3, 0.4) is 0 Å². The molecule has 3 rings (SSSR count). The number of carbonyl (C=O) groups is 1. The molecule has 2 atom stereocenters. The van der Waals surface area contributed by atoms with Crippen LogP contribution in [0.5, 0.6) is 0 Å². The molecule has 0 amide bonds. The lowest BCUT2D eigenvalue weighted by Gasteiger charge is -2.35. The van der Waals surface area contributed by atoms with E-state index in [4.69, 9.17) is 5.11 Å². The predicted octanol–water partition coefficient (Wildman–Crippen LogP) is 3.99. The van der Waals surface area contributed by atoms with Gasteiger partial charge < -0.3 is 5.11 Å². The molecule has 5 heteroatoms. The zero-order valence-corrected chi connectivity index (χ0v) is 14.3. The maximum absolute atomic E-state index is 11.0. The third-order valence-corrected chi connectivity index (χ3v) is 5.14. The Morgan fingerprint density at radius 1 is 1.35 bits per heavy atom. The van der Waals surface area contributed by atoms with E-state index in [0.717, 1.165) is 42.0 Å². The SMILES string of the molecule is CC1CC(C)CN(Cc2cccc(-c3nc(C(=O)O)cs3)c2)C1. The van der Waals surface area contributed by atoms with Crippen molar-refractivity contribution in [3.63, 3.8) is 0 Å². The maximum atomic E-state index is 11.0. The van der Waals surface area contributed by atoms with Gasteiger partial charge in [0.25, 0.3) is 0 Å². The van der Waals surface area contributed by atoms with E-state index in [9.17, 15) is 4.79 Å². The van der Waals surface area contributed by atoms with Gasteiger partial charge in [0.1, 0.15) is 5.01 Å². The standard InChI is InChI=1S/C18H22N2O2S/c1-12-6-13(2)9-20(8-12)10-14-4-3-5-15(7-14)17-19-16(11-23-17)18(21)22/h3-5,7,11-13H,6,8-10H2,1-2H3,(H,21,22). The first-order valence-electron chi connectivity index (χ1n) is 8.01. The minimum Gasteiger partial charge on any atom is -0.476 e. The minimum atomic E-state index is -0.972. The van der Waals surface area contributed by atoms with Crippen molar-refractivity contribution in [3.8, 4) is 10.6 Å². The highest BCUT2D eigenvalue weighted by atomic mass is 32.1. The van der Waals surface area contributed by atoms with Crippen molar-refractivity contribution in [1.82, 2.24) is 9.88 Å². The number of carboxylic acid groups (broad SMARTS) is 1. The van der Waals surface area contributed by atoms with Gasteiger partial charge in [-0.2, -0.15) is 0 Å². The summed E-state index contributed by atoms with van der Waals surface area (Å²) in [5.74, 6) is 0.526. The summed E-state index contributed by atoms with van der Waals surface area (Å²) in [6, 6.07) is 8.30. The third-order valence-electron chi connectivity index (χ3n) is 4.25. The summed E-state index contributed by atoms with van der Waals surface area (Å²) < 4.78 is 0. The topological polar surface area (TPSA) is 53.4 Å². The Bertz CT molecular complexity index is 688. The maximum Gasteiger partial charge on any atom is 0.355 e. The Morgan fingerprint density at radius 2 is 2.09 bits per heavy atom. The number of hydrogen-bond acceptors (Lipinski definition) is 4. The zero-order valence-electron chi connectivity index (χ0n) is 13.5. The van der Waals surface area contributed by atoms with Gasteiger partial charge >= 0.3 is 5.97 Å². The van der Waals surface area contributed by atoms with E-state index < -0.39 is 5.97 Å². The van der Waals surface area contributed by atoms with Gasteiger partial charge in [-0.25, -0.2) is 9.78 Å². The Balaban J connectivity index is 1.75. The van der Waals surface area contributed by atoms with Crippen LogP contribution in [-0.4, -0.2) is 34.0 Å². The van der Waals surface area contributed by atoms with Crippen LogP contribution in [0.15, 0.2) is 29.6 Å². The number of thiazole rings is 1. The van der Waals surface area contributed by atoms with Crippen LogP contribution in [-0.2, 0) is 6.54 Å². The molecule has 1 N–H and O–H groups in total. The lowest BCUT2D eigenvalue weighted by atomic mass is 9.91. The summed E-state index contributed by atoms with van der Waals surface area (Å²) in [5, 5.41) is 11.4. The van der Waals surface area contributed by atoms with Crippen molar-refractivity contribution in [2.75, 3.05) is 13.1 Å². The highest BCUT2D eigenvalue weighted by Crippen LogP contribution is 2.26. The smallest absolute Gasteiger partial charge is 0.355 e. The number of carboxylic acids is 1. The molecule has 1 aliphatic rings. The van der Waals surface area contributed by atoms with E-state index >= 15 is 0 Å². The summed E-state index contributed by atoms with van der Waals surface area (Å²) in [7, 11) is 0. The predicted molar refractivity (Wildman–Crippen MR) is 92.7 cm³/mol. The highest BCUT2D eigenvalue weighted by Gasteiger charge is 2.21. The molecule has 122 valence electrons. The first-order chi connectivity index (χ1) is 11.0. The summed E-state index contributed by atoms with van der Waals surface area (Å²) >= 11 is 1.38. The molecule has 2 aromatic rings. The fraction of sp³-hybridized carbons (Fsp3) is 0.444. The fourth-order valence-corrected chi connectivity index (χ4v) is 4.28. The van der Waals surface area contributed by atoms with Gasteiger partial charge in [-0.05, 0) is 29.9 Å². The number of hydrogen-bond donors (Lipinski definition) is 1. The number of nitrogens with zero attached hydrogens (tertiary/aromatic N) is 2. The molecule has 23 heavy (non-hydrogen) atoms. The van der Waals surface area contributed by atoms with Gasteiger partial charge in [0.15, 0.2) is 5.69 Å². The Labute approximate surface area is 140 Å². The van der Waals surface area contributed by atoms with Gasteiger partial charge in [-0.3, -0.25) is 4.90 Å². The second-order valence-corrected chi connectivity index (χ2v) is 7.54. The second-order valence-electron chi connectivity index (χ2n) is 6.68. The van der Waals surface area contributed by atoms with Crippen molar-refractivity contribution in [3.05, 3.63) is 40.9 Å². The van der Waals surface area contributed by atoms with Crippen molar-refractivity contribution in [2.45, 2.75) is 26.8 Å².